The predicted octanol–water partition coefficient (Wildman–Crippen LogP) is 2.06. The van der Waals surface area contributed by atoms with Gasteiger partial charge in [-0.15, -0.1) is 18.2 Å². The number of aliphatic carboxylic acids is 1. The number of aromatic nitrogens is 1. The van der Waals surface area contributed by atoms with Crippen LogP contribution in [0.5, 0.6) is 5.75 Å². The molecule has 0 radical (unpaired) electrons. The Morgan fingerprint density at radius 3 is 2.08 bits per heavy atom. The summed E-state index contributed by atoms with van der Waals surface area (Å²) >= 11 is 1.30. The first-order valence-electron chi connectivity index (χ1n) is 32.5. The summed E-state index contributed by atoms with van der Waals surface area (Å²) in [7, 11) is 0. The van der Waals surface area contributed by atoms with Crippen molar-refractivity contribution in [2.24, 2.45) is 0 Å². The van der Waals surface area contributed by atoms with Crippen LogP contribution in [0.4, 0.5) is 8.78 Å². The number of alkyl halides is 2. The molecule has 7 rings (SSSR count). The van der Waals surface area contributed by atoms with Gasteiger partial charge in [0, 0.05) is 128 Å². The quantitative estimate of drug-likeness (QED) is 0.0284. The lowest BCUT2D eigenvalue weighted by Gasteiger charge is -2.35. The summed E-state index contributed by atoms with van der Waals surface area (Å²) in [4.78, 5) is 146. The fourth-order valence-electron chi connectivity index (χ4n) is 11.8. The fraction of sp³-hybridized carbons (Fsp3) is 0.591. The lowest BCUT2D eigenvalue weighted by atomic mass is 10.1. The van der Waals surface area contributed by atoms with E-state index < -0.39 is 66.3 Å². The number of piperazine rings is 1. The van der Waals surface area contributed by atoms with Gasteiger partial charge in [-0.2, -0.15) is 0 Å². The maximum Gasteiger partial charge on any atom is 0.317 e. The van der Waals surface area contributed by atoms with Crippen molar-refractivity contribution in [3.63, 3.8) is 0 Å². The summed E-state index contributed by atoms with van der Waals surface area (Å²) in [6.45, 7) is 7.31. The van der Waals surface area contributed by atoms with Gasteiger partial charge in [0.2, 0.25) is 35.4 Å². The number of ether oxygens (including phenoxy) is 3. The van der Waals surface area contributed by atoms with Crippen molar-refractivity contribution in [2.45, 2.75) is 100 Å². The van der Waals surface area contributed by atoms with Crippen LogP contribution in [-0.2, 0) is 59.0 Å². The van der Waals surface area contributed by atoms with Gasteiger partial charge in [0.1, 0.15) is 25.8 Å². The highest BCUT2D eigenvalue weighted by Crippen LogP contribution is 2.33. The number of carbonyl (C=O) groups excluding carboxylic acids is 9. The first kappa shape index (κ1) is 74.5. The zero-order valence-corrected chi connectivity index (χ0v) is 55.0. The second-order valence-electron chi connectivity index (χ2n) is 24.3. The van der Waals surface area contributed by atoms with Crippen LogP contribution in [0.2, 0.25) is 0 Å². The first-order chi connectivity index (χ1) is 45.8. The van der Waals surface area contributed by atoms with Crippen molar-refractivity contribution in [3.8, 4) is 18.1 Å². The van der Waals surface area contributed by atoms with Crippen molar-refractivity contribution < 1.29 is 76.0 Å². The number of carboxylic acid groups (broad SMARTS) is 1. The Labute approximate surface area is 557 Å². The van der Waals surface area contributed by atoms with Crippen molar-refractivity contribution in [1.82, 2.24) is 60.1 Å². The lowest BCUT2D eigenvalue weighted by Crippen LogP contribution is -2.52. The van der Waals surface area contributed by atoms with Crippen LogP contribution in [0.25, 0.3) is 10.9 Å². The molecule has 26 nitrogen and oxygen atoms in total. The SMILES string of the molecule is C#C[C@H]1CC(F)(F)CN1C(=O)CNC(=O)c1ccnc2ccc(OCCCCN3CCN(C(=O)CN4C(=O)CC(SC(CCCCCNC(=O)CCCc5ccc(C)cc5)CNC(=O)CN5CCN(COC=O)CCN(COC=O)CCN(CC(=O)O)CC5)C4=O)CC3)cc12. The molecule has 4 fully saturated rings. The number of pyridine rings is 1. The normalized spacial score (nSPS) is 19.1. The number of unbranched alkanes of at least 4 members (excludes halogenated alkanes) is 3. The summed E-state index contributed by atoms with van der Waals surface area (Å²) < 4.78 is 44.1. The Kier molecular flexibility index (Phi) is 30.3. The Morgan fingerprint density at radius 2 is 1.42 bits per heavy atom. The second-order valence-corrected chi connectivity index (χ2v) is 25.8. The molecule has 7 amide bonds. The summed E-state index contributed by atoms with van der Waals surface area (Å²) in [5.74, 6) is -4.29. The van der Waals surface area contributed by atoms with E-state index in [4.69, 9.17) is 20.6 Å². The van der Waals surface area contributed by atoms with Gasteiger partial charge in [0.05, 0.1) is 55.2 Å². The monoisotopic (exact) mass is 1340 g/mol. The summed E-state index contributed by atoms with van der Waals surface area (Å²) in [5.41, 5.74) is 3.10. The summed E-state index contributed by atoms with van der Waals surface area (Å²) in [5, 5.41) is 17.7. The van der Waals surface area contributed by atoms with Crippen LogP contribution < -0.4 is 20.7 Å². The minimum absolute atomic E-state index is 0.00642. The summed E-state index contributed by atoms with van der Waals surface area (Å²) in [6, 6.07) is 13.8. The highest BCUT2D eigenvalue weighted by atomic mass is 32.2. The minimum Gasteiger partial charge on any atom is -0.494 e. The van der Waals surface area contributed by atoms with Crippen LogP contribution in [0, 0.1) is 19.3 Å². The van der Waals surface area contributed by atoms with Crippen LogP contribution in [0.1, 0.15) is 85.7 Å². The zero-order chi connectivity index (χ0) is 68.1. The molecule has 0 saturated carbocycles. The standard InChI is InChI=1S/C66H90F2N12O14S/c1-3-51-38-66(67,68)44-80(51)61(86)40-72-64(90)54-19-21-69-56-18-17-52(36-55(54)56)94-35-8-7-22-73-31-33-78(34-32-73)62(87)42-79-60(85)37-57(65(79)91)95-53(11-5-4-6-20-70-58(83)12-9-10-50-15-13-49(2)14-16-50)39-71-59(84)41-74-23-24-75(43-63(88)89)26-28-77(46-93-48-82)30-29-76(27-25-74)45-92-47-81/h1,13-19,21,36,47-48,51,53,57H,4-12,20,22-35,37-46H2,2H3,(H,70,83)(H,71,84)(H,72,90)(H,88,89)/t51-,53?,57?/m0/s1. The number of imide groups is 1. The Balaban J connectivity index is 0.866. The largest absolute Gasteiger partial charge is 0.494 e. The average Bonchev–Trinajstić information content (AvgIpc) is 1.84. The number of thioether (sulfide) groups is 1. The van der Waals surface area contributed by atoms with E-state index in [0.717, 1.165) is 42.0 Å². The van der Waals surface area contributed by atoms with E-state index in [1.54, 1.807) is 28.0 Å². The van der Waals surface area contributed by atoms with Gasteiger partial charge in [0.15, 0.2) is 0 Å². The number of halogens is 2. The number of nitrogens with zero attached hydrogens (tertiary/aromatic N) is 9. The highest BCUT2D eigenvalue weighted by molar-refractivity contribution is 8.01. The number of amides is 7. The number of hydrogen-bond donors (Lipinski definition) is 4. The van der Waals surface area contributed by atoms with E-state index in [9.17, 15) is 61.8 Å². The molecule has 5 heterocycles. The van der Waals surface area contributed by atoms with Crippen molar-refractivity contribution in [1.29, 1.82) is 0 Å². The van der Waals surface area contributed by atoms with E-state index in [2.05, 4.69) is 56.0 Å². The fourth-order valence-corrected chi connectivity index (χ4v) is 13.2. The van der Waals surface area contributed by atoms with Gasteiger partial charge in [0.25, 0.3) is 24.8 Å². The molecule has 2 aromatic carbocycles. The van der Waals surface area contributed by atoms with E-state index in [1.165, 1.54) is 35.2 Å². The number of hydrogen-bond acceptors (Lipinski definition) is 20. The molecule has 0 bridgehead atoms. The molecule has 4 aliphatic rings. The van der Waals surface area contributed by atoms with Crippen molar-refractivity contribution >= 4 is 82.9 Å². The number of nitrogens with one attached hydrogen (secondary N) is 3. The number of likely N-dealkylation sites (tertiary alicyclic amines) is 2. The lowest BCUT2D eigenvalue weighted by molar-refractivity contribution is -0.146. The number of benzene rings is 2. The molecule has 0 aliphatic carbocycles. The average molecular weight is 1350 g/mol. The van der Waals surface area contributed by atoms with E-state index >= 15 is 0 Å². The van der Waals surface area contributed by atoms with Crippen molar-refractivity contribution in [3.05, 3.63) is 71.4 Å². The van der Waals surface area contributed by atoms with E-state index in [0.29, 0.717) is 153 Å². The van der Waals surface area contributed by atoms with Gasteiger partial charge < -0.3 is 45.1 Å². The molecule has 3 atom stereocenters. The number of terminal acetylenes is 1. The van der Waals surface area contributed by atoms with Crippen LogP contribution >= 0.6 is 11.8 Å². The number of carbonyl (C=O) groups is 10. The number of carboxylic acids is 1. The minimum atomic E-state index is -3.11. The zero-order valence-electron chi connectivity index (χ0n) is 54.1. The van der Waals surface area contributed by atoms with E-state index in [1.807, 2.05) is 21.6 Å². The van der Waals surface area contributed by atoms with Crippen LogP contribution in [-0.4, -0.2) is 283 Å². The third-order valence-electron chi connectivity index (χ3n) is 17.2. The molecule has 4 N–H and O–H groups in total. The summed E-state index contributed by atoms with van der Waals surface area (Å²) in [6.07, 6.45) is 12.2. The molecule has 29 heteroatoms. The van der Waals surface area contributed by atoms with Gasteiger partial charge in [-0.05, 0) is 81.8 Å². The molecule has 95 heavy (non-hydrogen) atoms. The molecule has 518 valence electrons. The van der Waals surface area contributed by atoms with E-state index in [-0.39, 0.29) is 74.6 Å². The second kappa shape index (κ2) is 38.6. The molecule has 4 saturated heterocycles. The third kappa shape index (κ3) is 25.0. The Morgan fingerprint density at radius 1 is 0.758 bits per heavy atom. The highest BCUT2D eigenvalue weighted by Gasteiger charge is 2.46. The molecular formula is C66H90F2N12O14S. The van der Waals surface area contributed by atoms with Crippen LogP contribution in [0.15, 0.2) is 54.7 Å². The smallest absolute Gasteiger partial charge is 0.317 e. The van der Waals surface area contributed by atoms with Crippen LogP contribution in [0.3, 0.4) is 0 Å². The molecule has 1 aromatic heterocycles. The molecule has 0 spiro atoms. The molecule has 4 aliphatic heterocycles. The predicted molar refractivity (Wildman–Crippen MR) is 349 cm³/mol. The Hall–Kier alpha value is -7.88. The molecular weight excluding hydrogens is 1250 g/mol. The van der Waals surface area contributed by atoms with Gasteiger partial charge in [-0.1, -0.05) is 48.6 Å². The number of fused-ring (bicyclic) bond motifs is 1. The molecule has 3 aromatic rings. The van der Waals surface area contributed by atoms with Gasteiger partial charge in [-0.3, -0.25) is 82.3 Å². The maximum atomic E-state index is 14.1. The first-order valence-corrected chi connectivity index (χ1v) is 33.5. The Bertz CT molecular complexity index is 3120. The third-order valence-corrected chi connectivity index (χ3v) is 18.7. The topological polar surface area (TPSA) is 294 Å². The van der Waals surface area contributed by atoms with Gasteiger partial charge >= 0.3 is 5.97 Å². The van der Waals surface area contributed by atoms with Gasteiger partial charge in [-0.25, -0.2) is 8.78 Å². The van der Waals surface area contributed by atoms with Crippen molar-refractivity contribution in [2.75, 3.05) is 151 Å². The molecule has 2 unspecified atom stereocenters. The maximum absolute atomic E-state index is 14.1. The number of aryl methyl sites for hydroxylation is 2. The number of rotatable bonds is 35.